The second-order valence-electron chi connectivity index (χ2n) is 17.6. The summed E-state index contributed by atoms with van der Waals surface area (Å²) in [5.74, 6) is -1.01. The van der Waals surface area contributed by atoms with Gasteiger partial charge in [0, 0.05) is 58.2 Å². The molecule has 9 aromatic rings. The lowest BCUT2D eigenvalue weighted by Crippen LogP contribution is -2.17. The SMILES string of the molecule is CCc1ccc2cc(-c3ccccc3)cc(NCc3c4oc5c(CNc6cc(-c7ccccc7)cc7ccc(Cc8ccccc8)nc67)c(O)ccc5c(-c5ccccc5C(=O)O)c-4cc(Cl)c3=O)c2n1. The molecule has 2 aromatic heterocycles. The minimum atomic E-state index is -1.13. The zero-order valence-corrected chi connectivity index (χ0v) is 39.3. The number of nitrogens with zero attached hydrogens (tertiary/aromatic N) is 2. The molecule has 71 heavy (non-hydrogen) atoms. The van der Waals surface area contributed by atoms with Gasteiger partial charge in [-0.3, -0.25) is 14.8 Å². The monoisotopic (exact) mass is 948 g/mol. The molecular weight excluding hydrogens is 904 g/mol. The molecule has 0 radical (unpaired) electrons. The lowest BCUT2D eigenvalue weighted by molar-refractivity contribution is 0.0697. The number of phenols is 1. The normalized spacial score (nSPS) is 11.4. The first kappa shape index (κ1) is 44.7. The van der Waals surface area contributed by atoms with Crippen molar-refractivity contribution in [2.75, 3.05) is 10.6 Å². The van der Waals surface area contributed by atoms with Gasteiger partial charge in [-0.25, -0.2) is 4.79 Å². The molecule has 3 heterocycles. The van der Waals surface area contributed by atoms with Crippen LogP contribution in [0.15, 0.2) is 191 Å². The molecule has 9 nitrogen and oxygen atoms in total. The zero-order valence-electron chi connectivity index (χ0n) is 38.5. The lowest BCUT2D eigenvalue weighted by Gasteiger charge is -2.22. The van der Waals surface area contributed by atoms with Crippen molar-refractivity contribution in [3.63, 3.8) is 0 Å². The first-order chi connectivity index (χ1) is 34.7. The van der Waals surface area contributed by atoms with Crippen LogP contribution in [0, 0.1) is 0 Å². The van der Waals surface area contributed by atoms with Crippen LogP contribution in [0.3, 0.4) is 0 Å². The molecule has 0 saturated heterocycles. The molecule has 0 saturated carbocycles. The Morgan fingerprint density at radius 3 is 1.79 bits per heavy atom. The summed E-state index contributed by atoms with van der Waals surface area (Å²) in [4.78, 5) is 37.7. The van der Waals surface area contributed by atoms with E-state index in [0.29, 0.717) is 39.7 Å². The second-order valence-corrected chi connectivity index (χ2v) is 18.0. The summed E-state index contributed by atoms with van der Waals surface area (Å²) >= 11 is 6.90. The number of aromatic hydroxyl groups is 1. The van der Waals surface area contributed by atoms with Gasteiger partial charge in [0.25, 0.3) is 0 Å². The lowest BCUT2D eigenvalue weighted by atomic mass is 9.88. The number of aromatic carboxylic acids is 1. The molecule has 1 aliphatic heterocycles. The highest BCUT2D eigenvalue weighted by Gasteiger charge is 2.28. The summed E-state index contributed by atoms with van der Waals surface area (Å²) in [6, 6.07) is 58.4. The van der Waals surface area contributed by atoms with Crippen molar-refractivity contribution in [3.8, 4) is 50.5 Å². The summed E-state index contributed by atoms with van der Waals surface area (Å²) in [6.45, 7) is 2.09. The standard InChI is InChI=1S/C61H45ClN4O5/c1-2-43-24-22-39-29-41(37-16-8-4-9-17-37)31-52(56(39)65-43)64-35-50-58(68)51(62)33-48-55(45-20-12-13-21-46(45)61(69)70)47-26-27-54(67)49(59(47)71-60(48)50)34-63-53-32-42(38-18-10-5-11-19-38)30-40-23-25-44(66-57(40)53)28-36-14-6-3-7-15-36/h3-27,29-33,63-64,67H,2,28,34-35H2,1H3,(H,69,70). The van der Waals surface area contributed by atoms with Crippen LogP contribution in [-0.2, 0) is 25.9 Å². The van der Waals surface area contributed by atoms with Gasteiger partial charge in [-0.15, -0.1) is 0 Å². The molecule has 0 atom stereocenters. The van der Waals surface area contributed by atoms with E-state index in [1.807, 2.05) is 78.9 Å². The Kier molecular flexibility index (Phi) is 11.9. The van der Waals surface area contributed by atoms with Crippen LogP contribution < -0.4 is 16.1 Å². The van der Waals surface area contributed by atoms with E-state index in [1.54, 1.807) is 42.5 Å². The van der Waals surface area contributed by atoms with E-state index in [2.05, 4.69) is 78.2 Å². The molecule has 346 valence electrons. The number of carboxylic acids is 1. The van der Waals surface area contributed by atoms with Gasteiger partial charge in [-0.2, -0.15) is 0 Å². The van der Waals surface area contributed by atoms with Crippen molar-refractivity contribution in [1.82, 2.24) is 9.97 Å². The maximum atomic E-state index is 14.5. The Hall–Kier alpha value is -8.79. The maximum Gasteiger partial charge on any atom is 0.336 e. The van der Waals surface area contributed by atoms with Crippen LogP contribution in [0.2, 0.25) is 5.02 Å². The number of hydrogen-bond donors (Lipinski definition) is 4. The summed E-state index contributed by atoms with van der Waals surface area (Å²) in [5.41, 5.74) is 11.6. The van der Waals surface area contributed by atoms with Crippen LogP contribution in [0.1, 0.15) is 45.4 Å². The topological polar surface area (TPSA) is 138 Å². The van der Waals surface area contributed by atoms with Crippen molar-refractivity contribution >= 4 is 61.7 Å². The van der Waals surface area contributed by atoms with Crippen molar-refractivity contribution in [2.45, 2.75) is 32.9 Å². The van der Waals surface area contributed by atoms with Gasteiger partial charge in [-0.05, 0) is 100 Å². The van der Waals surface area contributed by atoms with E-state index in [1.165, 1.54) is 0 Å². The number of aryl methyl sites for hydroxylation is 1. The number of carbonyl (C=O) groups is 1. The molecule has 2 aliphatic rings. The number of anilines is 2. The fourth-order valence-corrected chi connectivity index (χ4v) is 9.76. The predicted octanol–water partition coefficient (Wildman–Crippen LogP) is 14.4. The number of aromatic nitrogens is 2. The molecule has 7 aromatic carbocycles. The third-order valence-corrected chi connectivity index (χ3v) is 13.4. The molecule has 0 fully saturated rings. The molecule has 0 amide bonds. The summed E-state index contributed by atoms with van der Waals surface area (Å²) in [5, 5.41) is 32.0. The van der Waals surface area contributed by atoms with E-state index in [-0.39, 0.29) is 46.3 Å². The largest absolute Gasteiger partial charge is 0.507 e. The van der Waals surface area contributed by atoms with Gasteiger partial charge in [-0.1, -0.05) is 140 Å². The van der Waals surface area contributed by atoms with E-state index in [0.717, 1.165) is 73.1 Å². The van der Waals surface area contributed by atoms with Gasteiger partial charge in [0.1, 0.15) is 17.1 Å². The highest BCUT2D eigenvalue weighted by atomic mass is 35.5. The predicted molar refractivity (Wildman–Crippen MR) is 286 cm³/mol. The number of carboxylic acid groups (broad SMARTS) is 1. The Bertz CT molecular complexity index is 3860. The van der Waals surface area contributed by atoms with E-state index < -0.39 is 11.4 Å². The molecular formula is C61H45ClN4O5. The number of pyridine rings is 2. The number of benzene rings is 8. The van der Waals surface area contributed by atoms with E-state index in [9.17, 15) is 19.8 Å². The van der Waals surface area contributed by atoms with Crippen LogP contribution in [0.4, 0.5) is 11.4 Å². The fourth-order valence-electron chi connectivity index (χ4n) is 9.54. The smallest absolute Gasteiger partial charge is 0.336 e. The average molecular weight is 950 g/mol. The molecule has 0 spiro atoms. The Morgan fingerprint density at radius 2 is 1.17 bits per heavy atom. The van der Waals surface area contributed by atoms with Gasteiger partial charge >= 0.3 is 5.97 Å². The maximum absolute atomic E-state index is 14.5. The van der Waals surface area contributed by atoms with Crippen LogP contribution >= 0.6 is 11.6 Å². The van der Waals surface area contributed by atoms with Gasteiger partial charge in [0.05, 0.1) is 44.1 Å². The minimum absolute atomic E-state index is 0.0298. The summed E-state index contributed by atoms with van der Waals surface area (Å²) in [7, 11) is 0. The van der Waals surface area contributed by atoms with Crippen molar-refractivity contribution in [1.29, 1.82) is 0 Å². The number of phenolic OH excluding ortho intramolecular Hbond substituents is 1. The minimum Gasteiger partial charge on any atom is -0.507 e. The second kappa shape index (κ2) is 19.0. The third kappa shape index (κ3) is 8.68. The number of nitrogens with one attached hydrogen (secondary N) is 2. The average Bonchev–Trinajstić information content (AvgIpc) is 3.40. The Balaban J connectivity index is 1.08. The van der Waals surface area contributed by atoms with Gasteiger partial charge < -0.3 is 25.3 Å². The van der Waals surface area contributed by atoms with E-state index >= 15 is 0 Å². The van der Waals surface area contributed by atoms with Crippen LogP contribution in [-0.4, -0.2) is 26.2 Å². The molecule has 1 aliphatic carbocycles. The fraction of sp³-hybridized carbons (Fsp3) is 0.0820. The van der Waals surface area contributed by atoms with Crippen LogP contribution in [0.5, 0.6) is 5.75 Å². The molecule has 4 N–H and O–H groups in total. The van der Waals surface area contributed by atoms with Crippen LogP contribution in [0.25, 0.3) is 77.5 Å². The Morgan fingerprint density at radius 1 is 0.606 bits per heavy atom. The third-order valence-electron chi connectivity index (χ3n) is 13.1. The van der Waals surface area contributed by atoms with Crippen molar-refractivity contribution in [2.24, 2.45) is 0 Å². The number of halogens is 1. The summed E-state index contributed by atoms with van der Waals surface area (Å²) in [6.07, 6.45) is 1.37. The molecule has 11 rings (SSSR count). The van der Waals surface area contributed by atoms with Crippen molar-refractivity contribution in [3.05, 3.63) is 231 Å². The summed E-state index contributed by atoms with van der Waals surface area (Å²) < 4.78 is 6.97. The van der Waals surface area contributed by atoms with E-state index in [4.69, 9.17) is 26.0 Å². The number of hydrogen-bond acceptors (Lipinski definition) is 8. The number of rotatable bonds is 13. The molecule has 0 bridgehead atoms. The van der Waals surface area contributed by atoms with Gasteiger partial charge in [0.2, 0.25) is 5.43 Å². The Labute approximate surface area is 414 Å². The molecule has 0 unspecified atom stereocenters. The zero-order chi connectivity index (χ0) is 48.6. The highest BCUT2D eigenvalue weighted by Crippen LogP contribution is 2.46. The first-order valence-corrected chi connectivity index (χ1v) is 23.8. The number of fused-ring (bicyclic) bond motifs is 4. The first-order valence-electron chi connectivity index (χ1n) is 23.5. The molecule has 10 heteroatoms. The van der Waals surface area contributed by atoms with Crippen molar-refractivity contribution < 1.29 is 19.4 Å². The van der Waals surface area contributed by atoms with Gasteiger partial charge in [0.15, 0.2) is 0 Å². The highest BCUT2D eigenvalue weighted by molar-refractivity contribution is 6.31. The quantitative estimate of drug-likeness (QED) is 0.0832.